The summed E-state index contributed by atoms with van der Waals surface area (Å²) in [6.45, 7) is 3.14. The molecule has 1 aromatic heterocycles. The average Bonchev–Trinajstić information content (AvgIpc) is 3.35. The molecule has 33 heavy (non-hydrogen) atoms. The number of imidazole rings is 1. The van der Waals surface area contributed by atoms with Crippen molar-refractivity contribution in [1.82, 2.24) is 19.2 Å². The van der Waals surface area contributed by atoms with Crippen LogP contribution in [-0.4, -0.2) is 47.3 Å². The fourth-order valence-electron chi connectivity index (χ4n) is 4.02. The zero-order chi connectivity index (χ0) is 23.3. The van der Waals surface area contributed by atoms with Gasteiger partial charge in [0.1, 0.15) is 12.0 Å². The van der Waals surface area contributed by atoms with Gasteiger partial charge in [-0.3, -0.25) is 4.79 Å². The summed E-state index contributed by atoms with van der Waals surface area (Å²) in [6, 6.07) is 16.9. The second-order valence-electron chi connectivity index (χ2n) is 8.52. The first-order chi connectivity index (χ1) is 15.9. The van der Waals surface area contributed by atoms with Gasteiger partial charge in [0.15, 0.2) is 0 Å². The van der Waals surface area contributed by atoms with E-state index in [-0.39, 0.29) is 11.9 Å². The van der Waals surface area contributed by atoms with Crippen molar-refractivity contribution >= 4 is 15.9 Å². The minimum Gasteiger partial charge on any atom is -0.348 e. The van der Waals surface area contributed by atoms with Crippen molar-refractivity contribution in [3.63, 3.8) is 0 Å². The van der Waals surface area contributed by atoms with Gasteiger partial charge in [-0.25, -0.2) is 13.4 Å². The van der Waals surface area contributed by atoms with Crippen LogP contribution in [-0.2, 0) is 16.4 Å². The van der Waals surface area contributed by atoms with Crippen molar-refractivity contribution in [2.45, 2.75) is 50.0 Å². The molecule has 4 rings (SSSR count). The van der Waals surface area contributed by atoms with E-state index in [1.807, 2.05) is 25.1 Å². The second-order valence-corrected chi connectivity index (χ2v) is 10.5. The van der Waals surface area contributed by atoms with E-state index in [0.717, 1.165) is 37.8 Å². The molecule has 1 aliphatic rings. The molecule has 1 saturated heterocycles. The lowest BCUT2D eigenvalue weighted by molar-refractivity contribution is 0.0934. The first-order valence-corrected chi connectivity index (χ1v) is 12.9. The summed E-state index contributed by atoms with van der Waals surface area (Å²) >= 11 is 0. The summed E-state index contributed by atoms with van der Waals surface area (Å²) in [5.74, 6) is -0.224. The largest absolute Gasteiger partial charge is 0.348 e. The third-order valence-electron chi connectivity index (χ3n) is 5.99. The number of piperidine rings is 1. The molecule has 0 aliphatic carbocycles. The zero-order valence-corrected chi connectivity index (χ0v) is 19.7. The maximum Gasteiger partial charge on any atom is 0.271 e. The maximum atomic E-state index is 12.8. The number of amides is 1. The maximum absolute atomic E-state index is 12.8. The Morgan fingerprint density at radius 1 is 1.03 bits per heavy atom. The van der Waals surface area contributed by atoms with E-state index in [1.165, 1.54) is 5.56 Å². The summed E-state index contributed by atoms with van der Waals surface area (Å²) in [5.41, 5.74) is 2.32. The summed E-state index contributed by atoms with van der Waals surface area (Å²) < 4.78 is 28.9. The van der Waals surface area contributed by atoms with Gasteiger partial charge in [0.05, 0.1) is 4.90 Å². The molecule has 8 heteroatoms. The SMILES string of the molecule is CC(CCc1ccccc1)NC(=O)c1cn(-c2ccc(S(=O)(=O)N3CCCCC3)cc2)cn1. The quantitative estimate of drug-likeness (QED) is 0.547. The Hall–Kier alpha value is -2.97. The molecule has 2 heterocycles. The van der Waals surface area contributed by atoms with Gasteiger partial charge >= 0.3 is 0 Å². The molecule has 1 unspecified atom stereocenters. The Kier molecular flexibility index (Phi) is 7.25. The van der Waals surface area contributed by atoms with Crippen molar-refractivity contribution in [2.75, 3.05) is 13.1 Å². The van der Waals surface area contributed by atoms with Gasteiger partial charge in [-0.05, 0) is 62.4 Å². The van der Waals surface area contributed by atoms with Crippen molar-refractivity contribution in [2.24, 2.45) is 0 Å². The highest BCUT2D eigenvalue weighted by Crippen LogP contribution is 2.22. The van der Waals surface area contributed by atoms with Gasteiger partial charge in [0, 0.05) is 31.0 Å². The molecule has 0 spiro atoms. The number of rotatable bonds is 8. The van der Waals surface area contributed by atoms with E-state index >= 15 is 0 Å². The normalized spacial score (nSPS) is 15.8. The van der Waals surface area contributed by atoms with E-state index in [0.29, 0.717) is 23.7 Å². The number of benzene rings is 2. The Morgan fingerprint density at radius 3 is 2.42 bits per heavy atom. The number of aryl methyl sites for hydroxylation is 1. The highest BCUT2D eigenvalue weighted by Gasteiger charge is 2.25. The number of carbonyl (C=O) groups excluding carboxylic acids is 1. The molecule has 7 nitrogen and oxygen atoms in total. The molecule has 1 aliphatic heterocycles. The van der Waals surface area contributed by atoms with Crippen LogP contribution >= 0.6 is 0 Å². The van der Waals surface area contributed by atoms with E-state index in [2.05, 4.69) is 22.4 Å². The lowest BCUT2D eigenvalue weighted by Crippen LogP contribution is -2.35. The van der Waals surface area contributed by atoms with Gasteiger partial charge in [-0.1, -0.05) is 36.8 Å². The predicted molar refractivity (Wildman–Crippen MR) is 128 cm³/mol. The van der Waals surface area contributed by atoms with Crippen molar-refractivity contribution in [3.05, 3.63) is 78.4 Å². The second kappa shape index (κ2) is 10.3. The van der Waals surface area contributed by atoms with Crippen molar-refractivity contribution in [3.8, 4) is 5.69 Å². The van der Waals surface area contributed by atoms with E-state index in [4.69, 9.17) is 0 Å². The monoisotopic (exact) mass is 466 g/mol. The number of hydrogen-bond donors (Lipinski definition) is 1. The molecule has 0 radical (unpaired) electrons. The average molecular weight is 467 g/mol. The van der Waals surface area contributed by atoms with Crippen LogP contribution in [0.1, 0.15) is 48.7 Å². The minimum absolute atomic E-state index is 0.0159. The van der Waals surface area contributed by atoms with Crippen LogP contribution in [0.15, 0.2) is 72.0 Å². The standard InChI is InChI=1S/C25H30N4O3S/c1-20(10-11-21-8-4-2-5-9-21)27-25(30)24-18-28(19-26-24)22-12-14-23(15-13-22)33(31,32)29-16-6-3-7-17-29/h2,4-5,8-9,12-15,18-20H,3,6-7,10-11,16-17H2,1H3,(H,27,30). The molecular weight excluding hydrogens is 436 g/mol. The highest BCUT2D eigenvalue weighted by molar-refractivity contribution is 7.89. The Morgan fingerprint density at radius 2 is 1.73 bits per heavy atom. The summed E-state index contributed by atoms with van der Waals surface area (Å²) in [7, 11) is -3.46. The lowest BCUT2D eigenvalue weighted by atomic mass is 10.1. The molecule has 1 atom stereocenters. The fraction of sp³-hybridized carbons (Fsp3) is 0.360. The molecule has 174 valence electrons. The van der Waals surface area contributed by atoms with Crippen LogP contribution in [0.3, 0.4) is 0 Å². The van der Waals surface area contributed by atoms with Crippen LogP contribution in [0.4, 0.5) is 0 Å². The molecular formula is C25H30N4O3S. The van der Waals surface area contributed by atoms with Crippen LogP contribution in [0, 0.1) is 0 Å². The van der Waals surface area contributed by atoms with Crippen LogP contribution in [0.5, 0.6) is 0 Å². The zero-order valence-electron chi connectivity index (χ0n) is 18.9. The lowest BCUT2D eigenvalue weighted by Gasteiger charge is -2.25. The van der Waals surface area contributed by atoms with Gasteiger partial charge in [0.2, 0.25) is 10.0 Å². The Labute approximate surface area is 195 Å². The smallest absolute Gasteiger partial charge is 0.271 e. The summed E-state index contributed by atoms with van der Waals surface area (Å²) in [5, 5.41) is 3.00. The minimum atomic E-state index is -3.46. The number of nitrogens with one attached hydrogen (secondary N) is 1. The first-order valence-electron chi connectivity index (χ1n) is 11.4. The third-order valence-corrected chi connectivity index (χ3v) is 7.90. The molecule has 1 fully saturated rings. The van der Waals surface area contributed by atoms with Gasteiger partial charge in [-0.15, -0.1) is 0 Å². The topological polar surface area (TPSA) is 84.3 Å². The fourth-order valence-corrected chi connectivity index (χ4v) is 5.54. The number of aromatic nitrogens is 2. The predicted octanol–water partition coefficient (Wildman–Crippen LogP) is 3.80. The van der Waals surface area contributed by atoms with Crippen LogP contribution in [0.25, 0.3) is 5.69 Å². The molecule has 0 saturated carbocycles. The number of hydrogen-bond acceptors (Lipinski definition) is 4. The van der Waals surface area contributed by atoms with Crippen LogP contribution in [0.2, 0.25) is 0 Å². The van der Waals surface area contributed by atoms with Gasteiger partial charge in [-0.2, -0.15) is 4.31 Å². The van der Waals surface area contributed by atoms with E-state index in [1.54, 1.807) is 45.7 Å². The summed E-state index contributed by atoms with van der Waals surface area (Å²) in [6.07, 6.45) is 7.84. The number of sulfonamides is 1. The van der Waals surface area contributed by atoms with E-state index in [9.17, 15) is 13.2 Å². The first kappa shape index (κ1) is 23.2. The molecule has 3 aromatic rings. The Balaban J connectivity index is 1.37. The van der Waals surface area contributed by atoms with Gasteiger partial charge < -0.3 is 9.88 Å². The molecule has 0 bridgehead atoms. The molecule has 1 N–H and O–H groups in total. The van der Waals surface area contributed by atoms with Crippen molar-refractivity contribution < 1.29 is 13.2 Å². The number of nitrogens with zero attached hydrogens (tertiary/aromatic N) is 3. The Bertz CT molecular complexity index is 1170. The van der Waals surface area contributed by atoms with E-state index < -0.39 is 10.0 Å². The third kappa shape index (κ3) is 5.69. The summed E-state index contributed by atoms with van der Waals surface area (Å²) in [4.78, 5) is 17.1. The van der Waals surface area contributed by atoms with Gasteiger partial charge in [0.25, 0.3) is 5.91 Å². The molecule has 2 aromatic carbocycles. The highest BCUT2D eigenvalue weighted by atomic mass is 32.2. The van der Waals surface area contributed by atoms with Crippen molar-refractivity contribution in [1.29, 1.82) is 0 Å². The number of carbonyl (C=O) groups is 1. The molecule has 1 amide bonds. The van der Waals surface area contributed by atoms with Crippen LogP contribution < -0.4 is 5.32 Å².